The summed E-state index contributed by atoms with van der Waals surface area (Å²) in [7, 11) is -3.59. The Kier molecular flexibility index (Phi) is 6.59. The molecule has 2 aliphatic heterocycles. The molecule has 2 fully saturated rings. The van der Waals surface area contributed by atoms with Crippen molar-refractivity contribution in [2.24, 2.45) is 0 Å². The summed E-state index contributed by atoms with van der Waals surface area (Å²) in [4.78, 5) is 15.3. The van der Waals surface area contributed by atoms with E-state index < -0.39 is 10.0 Å². The van der Waals surface area contributed by atoms with Gasteiger partial charge in [-0.05, 0) is 38.1 Å². The fourth-order valence-electron chi connectivity index (χ4n) is 4.21. The Hall–Kier alpha value is -2.04. The lowest BCUT2D eigenvalue weighted by Gasteiger charge is -2.26. The van der Waals surface area contributed by atoms with Crippen LogP contribution in [-0.2, 0) is 19.5 Å². The van der Waals surface area contributed by atoms with Crippen molar-refractivity contribution in [3.63, 3.8) is 0 Å². The predicted octanol–water partition coefficient (Wildman–Crippen LogP) is 1.63. The van der Waals surface area contributed by atoms with E-state index in [0.717, 1.165) is 30.2 Å². The van der Waals surface area contributed by atoms with E-state index in [2.05, 4.69) is 4.90 Å². The Morgan fingerprint density at radius 1 is 0.968 bits per heavy atom. The highest BCUT2D eigenvalue weighted by atomic mass is 32.2. The van der Waals surface area contributed by atoms with Crippen molar-refractivity contribution >= 4 is 15.8 Å². The lowest BCUT2D eigenvalue weighted by Crippen LogP contribution is -2.40. The molecule has 0 bridgehead atoms. The van der Waals surface area contributed by atoms with Gasteiger partial charge in [-0.15, -0.1) is 0 Å². The number of ether oxygens (including phenoxy) is 2. The monoisotopic (exact) mass is 447 g/mol. The van der Waals surface area contributed by atoms with Crippen LogP contribution in [0.4, 0.5) is 0 Å². The molecule has 0 radical (unpaired) electrons. The Morgan fingerprint density at radius 2 is 1.61 bits per heavy atom. The first kappa shape index (κ1) is 22.2. The standard InChI is InChI=1S/C22H29N3O5S/c1-17-14-21(22(26)16-23-6-10-29-11-7-23)18(2)25(17)19-4-3-5-20(15-19)31(27,28)24-8-12-30-13-9-24/h3-5,14-15H,6-13,16H2,1-2H3. The summed E-state index contributed by atoms with van der Waals surface area (Å²) >= 11 is 0. The molecule has 2 aromatic rings. The Labute approximate surface area is 183 Å². The van der Waals surface area contributed by atoms with Crippen LogP contribution in [0.3, 0.4) is 0 Å². The van der Waals surface area contributed by atoms with E-state index in [9.17, 15) is 13.2 Å². The number of hydrogen-bond acceptors (Lipinski definition) is 6. The van der Waals surface area contributed by atoms with Gasteiger partial charge in [-0.25, -0.2) is 8.42 Å². The van der Waals surface area contributed by atoms with E-state index in [4.69, 9.17) is 9.47 Å². The zero-order valence-electron chi connectivity index (χ0n) is 18.0. The van der Waals surface area contributed by atoms with Crippen molar-refractivity contribution in [1.29, 1.82) is 0 Å². The molecule has 4 rings (SSSR count). The minimum absolute atomic E-state index is 0.0679. The van der Waals surface area contributed by atoms with E-state index in [-0.39, 0.29) is 10.7 Å². The highest BCUT2D eigenvalue weighted by Crippen LogP contribution is 2.25. The third-order valence-electron chi connectivity index (χ3n) is 5.89. The fraction of sp³-hybridized carbons (Fsp3) is 0.500. The maximum atomic E-state index is 13.1. The van der Waals surface area contributed by atoms with Crippen molar-refractivity contribution in [3.8, 4) is 5.69 Å². The van der Waals surface area contributed by atoms with Crippen molar-refractivity contribution in [2.45, 2.75) is 18.7 Å². The second kappa shape index (κ2) is 9.22. The SMILES string of the molecule is Cc1cc(C(=O)CN2CCOCC2)c(C)n1-c1cccc(S(=O)(=O)N2CCOCC2)c1. The number of benzene rings is 1. The molecule has 2 aliphatic rings. The Morgan fingerprint density at radius 3 is 2.29 bits per heavy atom. The van der Waals surface area contributed by atoms with Crippen LogP contribution >= 0.6 is 0 Å². The van der Waals surface area contributed by atoms with Gasteiger partial charge in [-0.1, -0.05) is 6.07 Å². The number of morpholine rings is 2. The number of rotatable bonds is 6. The van der Waals surface area contributed by atoms with Crippen molar-refractivity contribution < 1.29 is 22.7 Å². The number of aryl methyl sites for hydroxylation is 1. The van der Waals surface area contributed by atoms with E-state index in [1.54, 1.807) is 18.2 Å². The van der Waals surface area contributed by atoms with E-state index in [1.165, 1.54) is 4.31 Å². The van der Waals surface area contributed by atoms with Crippen LogP contribution in [0.25, 0.3) is 5.69 Å². The summed E-state index contributed by atoms with van der Waals surface area (Å²) in [6.07, 6.45) is 0. The second-order valence-corrected chi connectivity index (χ2v) is 9.88. The van der Waals surface area contributed by atoms with Gasteiger partial charge in [-0.3, -0.25) is 9.69 Å². The van der Waals surface area contributed by atoms with Gasteiger partial charge in [0.2, 0.25) is 10.0 Å². The van der Waals surface area contributed by atoms with Gasteiger partial charge in [0.15, 0.2) is 5.78 Å². The van der Waals surface area contributed by atoms with Crippen LogP contribution in [0.1, 0.15) is 21.7 Å². The summed E-state index contributed by atoms with van der Waals surface area (Å²) < 4.78 is 40.2. The molecule has 31 heavy (non-hydrogen) atoms. The van der Waals surface area contributed by atoms with Crippen molar-refractivity contribution in [1.82, 2.24) is 13.8 Å². The average Bonchev–Trinajstić information content (AvgIpc) is 3.09. The molecule has 0 aliphatic carbocycles. The minimum atomic E-state index is -3.59. The maximum Gasteiger partial charge on any atom is 0.243 e. The zero-order valence-corrected chi connectivity index (χ0v) is 18.9. The third kappa shape index (κ3) is 4.61. The highest BCUT2D eigenvalue weighted by molar-refractivity contribution is 7.89. The molecule has 0 amide bonds. The molecule has 0 spiro atoms. The highest BCUT2D eigenvalue weighted by Gasteiger charge is 2.27. The Balaban J connectivity index is 1.61. The molecule has 8 nitrogen and oxygen atoms in total. The van der Waals surface area contributed by atoms with E-state index in [0.29, 0.717) is 51.6 Å². The number of nitrogens with zero attached hydrogens (tertiary/aromatic N) is 3. The molecule has 3 heterocycles. The van der Waals surface area contributed by atoms with Crippen LogP contribution < -0.4 is 0 Å². The first-order valence-corrected chi connectivity index (χ1v) is 12.0. The van der Waals surface area contributed by atoms with Gasteiger partial charge in [-0.2, -0.15) is 4.31 Å². The van der Waals surface area contributed by atoms with Crippen molar-refractivity contribution in [2.75, 3.05) is 59.2 Å². The largest absolute Gasteiger partial charge is 0.379 e. The van der Waals surface area contributed by atoms with Crippen molar-refractivity contribution in [3.05, 3.63) is 47.3 Å². The summed E-state index contributed by atoms with van der Waals surface area (Å²) in [5, 5.41) is 0. The molecule has 168 valence electrons. The number of carbonyl (C=O) groups is 1. The zero-order chi connectivity index (χ0) is 22.0. The second-order valence-electron chi connectivity index (χ2n) is 7.95. The molecule has 2 saturated heterocycles. The number of carbonyl (C=O) groups excluding carboxylic acids is 1. The summed E-state index contributed by atoms with van der Waals surface area (Å²) in [6, 6.07) is 8.81. The number of ketones is 1. The van der Waals surface area contributed by atoms with Crippen LogP contribution in [0, 0.1) is 13.8 Å². The molecule has 0 atom stereocenters. The average molecular weight is 448 g/mol. The summed E-state index contributed by atoms with van der Waals surface area (Å²) in [6.45, 7) is 8.53. The molecule has 0 N–H and O–H groups in total. The van der Waals surface area contributed by atoms with Gasteiger partial charge >= 0.3 is 0 Å². The molecular weight excluding hydrogens is 418 g/mol. The van der Waals surface area contributed by atoms with Gasteiger partial charge in [0.05, 0.1) is 37.9 Å². The molecule has 0 unspecified atom stereocenters. The number of sulfonamides is 1. The molecule has 1 aromatic heterocycles. The molecular formula is C22H29N3O5S. The number of hydrogen-bond donors (Lipinski definition) is 0. The van der Waals surface area contributed by atoms with Gasteiger partial charge in [0, 0.05) is 48.8 Å². The Bertz CT molecular complexity index is 1050. The van der Waals surface area contributed by atoms with Crippen LogP contribution in [-0.4, -0.2) is 87.1 Å². The minimum Gasteiger partial charge on any atom is -0.379 e. The fourth-order valence-corrected chi connectivity index (χ4v) is 5.66. The van der Waals surface area contributed by atoms with Gasteiger partial charge in [0.1, 0.15) is 0 Å². The topological polar surface area (TPSA) is 81.1 Å². The first-order valence-electron chi connectivity index (χ1n) is 10.6. The summed E-state index contributed by atoms with van der Waals surface area (Å²) in [5.74, 6) is 0.0679. The number of Topliss-reactive ketones (excluding diaryl/α,β-unsaturated/α-hetero) is 1. The van der Waals surface area contributed by atoms with Gasteiger partial charge < -0.3 is 14.0 Å². The lowest BCUT2D eigenvalue weighted by atomic mass is 10.1. The van der Waals surface area contributed by atoms with Crippen LogP contribution in [0.15, 0.2) is 35.2 Å². The quantitative estimate of drug-likeness (QED) is 0.626. The van der Waals surface area contributed by atoms with Crippen LogP contribution in [0.2, 0.25) is 0 Å². The summed E-state index contributed by atoms with van der Waals surface area (Å²) in [5.41, 5.74) is 3.11. The van der Waals surface area contributed by atoms with Gasteiger partial charge in [0.25, 0.3) is 0 Å². The maximum absolute atomic E-state index is 13.1. The molecule has 1 aromatic carbocycles. The smallest absolute Gasteiger partial charge is 0.243 e. The first-order chi connectivity index (χ1) is 14.9. The van der Waals surface area contributed by atoms with E-state index >= 15 is 0 Å². The van der Waals surface area contributed by atoms with E-state index in [1.807, 2.05) is 30.5 Å². The normalized spacial score (nSPS) is 18.9. The predicted molar refractivity (Wildman–Crippen MR) is 116 cm³/mol. The third-order valence-corrected chi connectivity index (χ3v) is 7.78. The number of aromatic nitrogens is 1. The molecule has 0 saturated carbocycles. The lowest BCUT2D eigenvalue weighted by molar-refractivity contribution is 0.0371. The molecule has 9 heteroatoms. The van der Waals surface area contributed by atoms with Crippen LogP contribution in [0.5, 0.6) is 0 Å².